The molecule has 7 heteroatoms. The minimum atomic E-state index is -0.374. The maximum Gasteiger partial charge on any atom is 0.326 e. The van der Waals surface area contributed by atoms with E-state index >= 15 is 0 Å². The Morgan fingerprint density at radius 2 is 1.74 bits per heavy atom. The van der Waals surface area contributed by atoms with Gasteiger partial charge in [-0.25, -0.2) is 4.79 Å². The van der Waals surface area contributed by atoms with Gasteiger partial charge in [0.1, 0.15) is 0 Å². The molecule has 0 aliphatic carbocycles. The summed E-state index contributed by atoms with van der Waals surface area (Å²) in [6, 6.07) is 12.9. The fourth-order valence-corrected chi connectivity index (χ4v) is 3.06. The van der Waals surface area contributed by atoms with E-state index in [2.05, 4.69) is 41.5 Å². The molecule has 0 bridgehead atoms. The lowest BCUT2D eigenvalue weighted by molar-refractivity contribution is 0.261. The van der Waals surface area contributed by atoms with Gasteiger partial charge in [0.15, 0.2) is 0 Å². The van der Waals surface area contributed by atoms with E-state index in [0.717, 1.165) is 21.9 Å². The van der Waals surface area contributed by atoms with Gasteiger partial charge >= 0.3 is 6.03 Å². The minimum absolute atomic E-state index is 0.0950. The van der Waals surface area contributed by atoms with Crippen LogP contribution in [-0.4, -0.2) is 16.2 Å². The highest BCUT2D eigenvalue weighted by atomic mass is 32.2. The zero-order valence-electron chi connectivity index (χ0n) is 15.5. The van der Waals surface area contributed by atoms with Gasteiger partial charge in [-0.2, -0.15) is 0 Å². The first-order valence-electron chi connectivity index (χ1n) is 8.69. The maximum atomic E-state index is 12.2. The Labute approximate surface area is 162 Å². The third kappa shape index (κ3) is 5.10. The van der Waals surface area contributed by atoms with E-state index in [9.17, 15) is 4.79 Å². The Morgan fingerprint density at radius 1 is 1.07 bits per heavy atom. The maximum absolute atomic E-state index is 12.2. The number of nitrogens with zero attached hydrogens (tertiary/aromatic N) is 2. The average Bonchev–Trinajstić information content (AvgIpc) is 3.13. The zero-order valence-corrected chi connectivity index (χ0v) is 16.3. The van der Waals surface area contributed by atoms with Gasteiger partial charge in [-0.1, -0.05) is 37.7 Å². The number of hydrogen-bond acceptors (Lipinski definition) is 5. The molecule has 3 aromatic rings. The van der Waals surface area contributed by atoms with Crippen LogP contribution < -0.4 is 10.6 Å². The normalized spacial score (nSPS) is 11.2. The first-order valence-corrected chi connectivity index (χ1v) is 9.51. The molecule has 1 aromatic carbocycles. The molecular weight excluding hydrogens is 360 g/mol. The Morgan fingerprint density at radius 3 is 2.41 bits per heavy atom. The smallest absolute Gasteiger partial charge is 0.326 e. The fourth-order valence-electron chi connectivity index (χ4n) is 2.26. The van der Waals surface area contributed by atoms with Crippen LogP contribution in [0.1, 0.15) is 32.9 Å². The SMILES string of the molecule is CCC(C)(C)c1cc(NC(=O)Nc2ccc(Sc3ccncc3)cc2)on1. The first-order chi connectivity index (χ1) is 13.0. The molecule has 0 aliphatic rings. The molecule has 0 atom stereocenters. The summed E-state index contributed by atoms with van der Waals surface area (Å²) in [5.41, 5.74) is 1.42. The molecule has 140 valence electrons. The van der Waals surface area contributed by atoms with Gasteiger partial charge < -0.3 is 9.84 Å². The number of amides is 2. The van der Waals surface area contributed by atoms with Crippen LogP contribution in [-0.2, 0) is 5.41 Å². The van der Waals surface area contributed by atoms with Gasteiger partial charge in [-0.3, -0.25) is 10.3 Å². The van der Waals surface area contributed by atoms with Crippen molar-refractivity contribution >= 4 is 29.4 Å². The topological polar surface area (TPSA) is 80.0 Å². The van der Waals surface area contributed by atoms with Crippen molar-refractivity contribution in [2.45, 2.75) is 42.4 Å². The molecule has 2 amide bonds. The minimum Gasteiger partial charge on any atom is -0.338 e. The number of benzene rings is 1. The third-order valence-corrected chi connectivity index (χ3v) is 5.34. The van der Waals surface area contributed by atoms with E-state index in [4.69, 9.17) is 4.52 Å². The van der Waals surface area contributed by atoms with Crippen LogP contribution in [0, 0.1) is 0 Å². The fraction of sp³-hybridized carbons (Fsp3) is 0.250. The molecule has 27 heavy (non-hydrogen) atoms. The lowest BCUT2D eigenvalue weighted by atomic mass is 9.87. The van der Waals surface area contributed by atoms with E-state index < -0.39 is 0 Å². The largest absolute Gasteiger partial charge is 0.338 e. The number of pyridine rings is 1. The highest BCUT2D eigenvalue weighted by molar-refractivity contribution is 7.99. The molecule has 0 aliphatic heterocycles. The van der Waals surface area contributed by atoms with Crippen LogP contribution >= 0.6 is 11.8 Å². The van der Waals surface area contributed by atoms with Crippen molar-refractivity contribution in [3.05, 3.63) is 60.6 Å². The number of carbonyl (C=O) groups is 1. The molecule has 0 fully saturated rings. The van der Waals surface area contributed by atoms with Gasteiger partial charge in [0.25, 0.3) is 0 Å². The molecule has 3 rings (SSSR count). The molecule has 0 saturated heterocycles. The van der Waals surface area contributed by atoms with Gasteiger partial charge in [-0.05, 0) is 42.8 Å². The van der Waals surface area contributed by atoms with Gasteiger partial charge in [0.05, 0.1) is 5.69 Å². The van der Waals surface area contributed by atoms with E-state index in [1.165, 1.54) is 0 Å². The molecule has 6 nitrogen and oxygen atoms in total. The van der Waals surface area contributed by atoms with Gasteiger partial charge in [0.2, 0.25) is 5.88 Å². The average molecular weight is 382 g/mol. The van der Waals surface area contributed by atoms with Crippen molar-refractivity contribution in [1.29, 1.82) is 0 Å². The van der Waals surface area contributed by atoms with Crippen LogP contribution in [0.5, 0.6) is 0 Å². The molecule has 0 spiro atoms. The van der Waals surface area contributed by atoms with Gasteiger partial charge in [-0.15, -0.1) is 0 Å². The predicted molar refractivity (Wildman–Crippen MR) is 107 cm³/mol. The van der Waals surface area contributed by atoms with E-state index in [-0.39, 0.29) is 11.4 Å². The lowest BCUT2D eigenvalue weighted by Gasteiger charge is -2.18. The summed E-state index contributed by atoms with van der Waals surface area (Å²) in [7, 11) is 0. The second-order valence-electron chi connectivity index (χ2n) is 6.70. The van der Waals surface area contributed by atoms with Crippen LogP contribution in [0.3, 0.4) is 0 Å². The molecule has 2 heterocycles. The number of aromatic nitrogens is 2. The van der Waals surface area contributed by atoms with Crippen molar-refractivity contribution in [3.8, 4) is 0 Å². The first kappa shape index (κ1) is 19.0. The number of anilines is 2. The molecule has 2 N–H and O–H groups in total. The molecule has 0 saturated carbocycles. The zero-order chi connectivity index (χ0) is 19.3. The summed E-state index contributed by atoms with van der Waals surface area (Å²) in [5.74, 6) is 0.328. The number of hydrogen-bond donors (Lipinski definition) is 2. The number of urea groups is 1. The van der Waals surface area contributed by atoms with Crippen LogP contribution in [0.25, 0.3) is 0 Å². The summed E-state index contributed by atoms with van der Waals surface area (Å²) in [6.07, 6.45) is 4.45. The summed E-state index contributed by atoms with van der Waals surface area (Å²) in [5, 5.41) is 9.50. The van der Waals surface area contributed by atoms with Crippen molar-refractivity contribution in [3.63, 3.8) is 0 Å². The second-order valence-corrected chi connectivity index (χ2v) is 7.85. The molecular formula is C20H22N4O2S. The number of nitrogens with one attached hydrogen (secondary N) is 2. The van der Waals surface area contributed by atoms with Crippen LogP contribution in [0.2, 0.25) is 0 Å². The van der Waals surface area contributed by atoms with Crippen LogP contribution in [0.4, 0.5) is 16.4 Å². The number of carbonyl (C=O) groups excluding carboxylic acids is 1. The predicted octanol–water partition coefficient (Wildman–Crippen LogP) is 5.55. The standard InChI is InChI=1S/C20H22N4O2S/c1-4-20(2,3)17-13-18(26-24-17)23-19(25)22-14-5-7-15(8-6-14)27-16-9-11-21-12-10-16/h5-13H,4H2,1-3H3,(H2,22,23,25). The van der Waals surface area contributed by atoms with E-state index in [1.807, 2.05) is 36.4 Å². The lowest BCUT2D eigenvalue weighted by Crippen LogP contribution is -2.19. The third-order valence-electron chi connectivity index (χ3n) is 4.32. The summed E-state index contributed by atoms with van der Waals surface area (Å²) >= 11 is 1.63. The molecule has 0 unspecified atom stereocenters. The molecule has 0 radical (unpaired) electrons. The highest BCUT2D eigenvalue weighted by Crippen LogP contribution is 2.29. The number of rotatable bonds is 6. The monoisotopic (exact) mass is 382 g/mol. The summed E-state index contributed by atoms with van der Waals surface area (Å²) in [6.45, 7) is 6.26. The van der Waals surface area contributed by atoms with Crippen molar-refractivity contribution in [2.24, 2.45) is 0 Å². The van der Waals surface area contributed by atoms with Gasteiger partial charge in [0, 0.05) is 39.4 Å². The van der Waals surface area contributed by atoms with Crippen molar-refractivity contribution in [1.82, 2.24) is 10.1 Å². The van der Waals surface area contributed by atoms with E-state index in [1.54, 1.807) is 30.2 Å². The van der Waals surface area contributed by atoms with E-state index in [0.29, 0.717) is 11.6 Å². The Hall–Kier alpha value is -2.80. The summed E-state index contributed by atoms with van der Waals surface area (Å²) in [4.78, 5) is 18.4. The second kappa shape index (κ2) is 8.26. The summed E-state index contributed by atoms with van der Waals surface area (Å²) < 4.78 is 5.22. The Bertz CT molecular complexity index is 892. The van der Waals surface area contributed by atoms with Crippen molar-refractivity contribution < 1.29 is 9.32 Å². The Kier molecular flexibility index (Phi) is 5.81. The molecule has 2 aromatic heterocycles. The van der Waals surface area contributed by atoms with Crippen molar-refractivity contribution in [2.75, 3.05) is 10.6 Å². The quantitative estimate of drug-likeness (QED) is 0.584. The van der Waals surface area contributed by atoms with Crippen LogP contribution in [0.15, 0.2) is 69.2 Å². The Balaban J connectivity index is 1.56. The highest BCUT2D eigenvalue weighted by Gasteiger charge is 2.23.